The number of benzene rings is 3. The molecule has 1 amide bonds. The van der Waals surface area contributed by atoms with Crippen LogP contribution in [0.2, 0.25) is 0 Å². The molecule has 3 aromatic carbocycles. The van der Waals surface area contributed by atoms with Gasteiger partial charge in [-0.05, 0) is 61.1 Å². The van der Waals surface area contributed by atoms with Crippen molar-refractivity contribution in [2.24, 2.45) is 0 Å². The zero-order valence-corrected chi connectivity index (χ0v) is 19.7. The molecule has 5 rings (SSSR count). The van der Waals surface area contributed by atoms with Gasteiger partial charge in [-0.2, -0.15) is 0 Å². The second kappa shape index (κ2) is 9.90. The largest absolute Gasteiger partial charge is 0.491 e. The van der Waals surface area contributed by atoms with Crippen LogP contribution in [-0.4, -0.2) is 36.7 Å². The van der Waals surface area contributed by atoms with E-state index in [9.17, 15) is 4.79 Å². The Morgan fingerprint density at radius 3 is 2.53 bits per heavy atom. The highest BCUT2D eigenvalue weighted by molar-refractivity contribution is 6.02. The zero-order valence-electron chi connectivity index (χ0n) is 19.7. The van der Waals surface area contributed by atoms with Gasteiger partial charge in [0.2, 0.25) is 0 Å². The van der Waals surface area contributed by atoms with Gasteiger partial charge >= 0.3 is 0 Å². The number of para-hydroxylation sites is 1. The third-order valence-electron chi connectivity index (χ3n) is 6.98. The number of carbonyl (C=O) groups excluding carboxylic acids is 1. The molecule has 0 bridgehead atoms. The molecule has 3 aromatic rings. The van der Waals surface area contributed by atoms with E-state index in [2.05, 4.69) is 36.5 Å². The number of carbonyl (C=O) groups is 1. The predicted molar refractivity (Wildman–Crippen MR) is 134 cm³/mol. The van der Waals surface area contributed by atoms with Crippen molar-refractivity contribution in [1.29, 1.82) is 0 Å². The van der Waals surface area contributed by atoms with Crippen molar-refractivity contribution in [2.75, 3.05) is 25.1 Å². The maximum atomic E-state index is 13.7. The number of rotatable bonds is 8. The highest BCUT2D eigenvalue weighted by Gasteiger charge is 2.44. The SMILES string of the molecule is CCC1(c2ccc(OCC3CCCO3)cc2)Nc2ccccc2C(=O)N1CCc1ccccc1. The fraction of sp³-hybridized carbons (Fsp3) is 0.345. The van der Waals surface area contributed by atoms with Crippen LogP contribution in [0.3, 0.4) is 0 Å². The number of nitrogens with one attached hydrogen (secondary N) is 1. The van der Waals surface area contributed by atoms with E-state index in [1.807, 2.05) is 59.5 Å². The van der Waals surface area contributed by atoms with Crippen molar-refractivity contribution in [2.45, 2.75) is 44.4 Å². The summed E-state index contributed by atoms with van der Waals surface area (Å²) in [7, 11) is 0. The molecule has 0 saturated carbocycles. The molecule has 5 heteroatoms. The summed E-state index contributed by atoms with van der Waals surface area (Å²) in [5, 5.41) is 3.73. The van der Waals surface area contributed by atoms with E-state index in [0.717, 1.165) is 54.9 Å². The molecule has 1 saturated heterocycles. The van der Waals surface area contributed by atoms with Crippen molar-refractivity contribution < 1.29 is 14.3 Å². The Morgan fingerprint density at radius 1 is 1.03 bits per heavy atom. The zero-order chi connectivity index (χ0) is 23.4. The molecule has 5 nitrogen and oxygen atoms in total. The van der Waals surface area contributed by atoms with E-state index < -0.39 is 5.66 Å². The molecule has 1 fully saturated rings. The topological polar surface area (TPSA) is 50.8 Å². The Bertz CT molecular complexity index is 1110. The number of nitrogens with zero attached hydrogens (tertiary/aromatic N) is 1. The number of amides is 1. The Balaban J connectivity index is 1.43. The van der Waals surface area contributed by atoms with Gasteiger partial charge in [0.25, 0.3) is 5.91 Å². The predicted octanol–water partition coefficient (Wildman–Crippen LogP) is 5.62. The van der Waals surface area contributed by atoms with E-state index in [0.29, 0.717) is 13.2 Å². The van der Waals surface area contributed by atoms with Crippen LogP contribution in [-0.2, 0) is 16.8 Å². The molecule has 176 valence electrons. The van der Waals surface area contributed by atoms with Crippen molar-refractivity contribution in [1.82, 2.24) is 4.90 Å². The van der Waals surface area contributed by atoms with Gasteiger partial charge in [-0.15, -0.1) is 0 Å². The number of hydrogen-bond acceptors (Lipinski definition) is 4. The molecule has 2 aliphatic rings. The molecule has 2 aliphatic heterocycles. The Labute approximate surface area is 201 Å². The minimum absolute atomic E-state index is 0.0610. The molecule has 2 heterocycles. The molecule has 34 heavy (non-hydrogen) atoms. The lowest BCUT2D eigenvalue weighted by Gasteiger charge is -2.48. The van der Waals surface area contributed by atoms with Crippen molar-refractivity contribution in [3.05, 3.63) is 95.6 Å². The van der Waals surface area contributed by atoms with Crippen LogP contribution in [0.25, 0.3) is 0 Å². The van der Waals surface area contributed by atoms with Gasteiger partial charge < -0.3 is 19.7 Å². The second-order valence-corrected chi connectivity index (χ2v) is 9.05. The smallest absolute Gasteiger partial charge is 0.258 e. The average molecular weight is 457 g/mol. The van der Waals surface area contributed by atoms with Crippen LogP contribution in [0.1, 0.15) is 47.7 Å². The Morgan fingerprint density at radius 2 is 1.79 bits per heavy atom. The van der Waals surface area contributed by atoms with Gasteiger partial charge in [0.1, 0.15) is 18.0 Å². The van der Waals surface area contributed by atoms with Crippen LogP contribution in [0.4, 0.5) is 5.69 Å². The number of fused-ring (bicyclic) bond motifs is 1. The second-order valence-electron chi connectivity index (χ2n) is 9.05. The first-order valence-corrected chi connectivity index (χ1v) is 12.3. The van der Waals surface area contributed by atoms with Crippen molar-refractivity contribution in [3.8, 4) is 5.75 Å². The summed E-state index contributed by atoms with van der Waals surface area (Å²) in [5.41, 5.74) is 3.24. The van der Waals surface area contributed by atoms with E-state index in [4.69, 9.17) is 9.47 Å². The van der Waals surface area contributed by atoms with E-state index in [-0.39, 0.29) is 12.0 Å². The maximum Gasteiger partial charge on any atom is 0.258 e. The van der Waals surface area contributed by atoms with Crippen molar-refractivity contribution in [3.63, 3.8) is 0 Å². The van der Waals surface area contributed by atoms with E-state index in [1.165, 1.54) is 5.56 Å². The first kappa shape index (κ1) is 22.5. The minimum atomic E-state index is -0.632. The van der Waals surface area contributed by atoms with E-state index >= 15 is 0 Å². The lowest BCUT2D eigenvalue weighted by atomic mass is 9.89. The molecule has 0 aliphatic carbocycles. The monoisotopic (exact) mass is 456 g/mol. The lowest BCUT2D eigenvalue weighted by Crippen LogP contribution is -2.57. The molecular weight excluding hydrogens is 424 g/mol. The summed E-state index contributed by atoms with van der Waals surface area (Å²) in [6, 6.07) is 26.3. The van der Waals surface area contributed by atoms with Gasteiger partial charge in [-0.1, -0.05) is 61.5 Å². The van der Waals surface area contributed by atoms with Gasteiger partial charge in [0, 0.05) is 18.8 Å². The highest BCUT2D eigenvalue weighted by Crippen LogP contribution is 2.40. The van der Waals surface area contributed by atoms with E-state index in [1.54, 1.807) is 0 Å². The average Bonchev–Trinajstić information content (AvgIpc) is 3.41. The Kier molecular flexibility index (Phi) is 6.54. The fourth-order valence-electron chi connectivity index (χ4n) is 5.07. The highest BCUT2D eigenvalue weighted by atomic mass is 16.5. The molecule has 0 aromatic heterocycles. The van der Waals surface area contributed by atoms with Crippen LogP contribution in [0.15, 0.2) is 78.9 Å². The minimum Gasteiger partial charge on any atom is -0.491 e. The normalized spacial score (nSPS) is 21.7. The molecular formula is C29H32N2O3. The number of anilines is 1. The van der Waals surface area contributed by atoms with Gasteiger partial charge in [0.05, 0.1) is 11.7 Å². The fourth-order valence-corrected chi connectivity index (χ4v) is 5.07. The van der Waals surface area contributed by atoms with Crippen LogP contribution < -0.4 is 10.1 Å². The standard InChI is InChI=1S/C29H32N2O3/c1-2-29(23-14-16-24(17-15-23)34-21-25-11-8-20-33-25)30-27-13-7-6-12-26(27)28(32)31(29)19-18-22-9-4-3-5-10-22/h3-7,9-10,12-17,25,30H,2,8,11,18-21H2,1H3. The summed E-state index contributed by atoms with van der Waals surface area (Å²) >= 11 is 0. The van der Waals surface area contributed by atoms with Gasteiger partial charge in [0.15, 0.2) is 0 Å². The first-order chi connectivity index (χ1) is 16.7. The van der Waals surface area contributed by atoms with Crippen LogP contribution in [0, 0.1) is 0 Å². The maximum absolute atomic E-state index is 13.7. The van der Waals surface area contributed by atoms with Crippen LogP contribution >= 0.6 is 0 Å². The summed E-state index contributed by atoms with van der Waals surface area (Å²) in [5.74, 6) is 0.884. The third-order valence-corrected chi connectivity index (χ3v) is 6.98. The number of ether oxygens (including phenoxy) is 2. The Hall–Kier alpha value is -3.31. The number of hydrogen-bond donors (Lipinski definition) is 1. The molecule has 2 atom stereocenters. The third kappa shape index (κ3) is 4.40. The van der Waals surface area contributed by atoms with Gasteiger partial charge in [-0.25, -0.2) is 0 Å². The summed E-state index contributed by atoms with van der Waals surface area (Å²) < 4.78 is 11.7. The lowest BCUT2D eigenvalue weighted by molar-refractivity contribution is 0.0486. The molecule has 1 N–H and O–H groups in total. The summed E-state index contributed by atoms with van der Waals surface area (Å²) in [4.78, 5) is 15.8. The summed E-state index contributed by atoms with van der Waals surface area (Å²) in [6.45, 7) is 4.15. The molecule has 0 radical (unpaired) electrons. The molecule has 0 spiro atoms. The quantitative estimate of drug-likeness (QED) is 0.478. The van der Waals surface area contributed by atoms with Crippen LogP contribution in [0.5, 0.6) is 5.75 Å². The van der Waals surface area contributed by atoms with Gasteiger partial charge in [-0.3, -0.25) is 4.79 Å². The van der Waals surface area contributed by atoms with Crippen molar-refractivity contribution >= 4 is 11.6 Å². The first-order valence-electron chi connectivity index (χ1n) is 12.3. The summed E-state index contributed by atoms with van der Waals surface area (Å²) in [6.07, 6.45) is 3.87. The molecule has 2 unspecified atom stereocenters.